The average Bonchev–Trinajstić information content (AvgIpc) is 3.40. The first kappa shape index (κ1) is 17.8. The van der Waals surface area contributed by atoms with Gasteiger partial charge in [0.05, 0.1) is 24.4 Å². The molecule has 2 aromatic carbocycles. The zero-order valence-electron chi connectivity index (χ0n) is 15.6. The second-order valence-corrected chi connectivity index (χ2v) is 6.65. The Morgan fingerprint density at radius 1 is 1.04 bits per heavy atom. The number of benzene rings is 2. The second kappa shape index (κ2) is 7.96. The first-order valence-corrected chi connectivity index (χ1v) is 9.22. The molecule has 0 aliphatic carbocycles. The molecular weight excluding hydrogens is 350 g/mol. The summed E-state index contributed by atoms with van der Waals surface area (Å²) in [7, 11) is 0. The molecule has 28 heavy (non-hydrogen) atoms. The highest BCUT2D eigenvalue weighted by Gasteiger charge is 2.20. The van der Waals surface area contributed by atoms with E-state index in [-0.39, 0.29) is 11.9 Å². The Hall–Kier alpha value is -3.60. The number of carbonyl (C=O) groups excluding carboxylic acids is 1. The largest absolute Gasteiger partial charge is 0.467 e. The lowest BCUT2D eigenvalue weighted by molar-refractivity contribution is 0.0936. The van der Waals surface area contributed by atoms with Crippen LogP contribution in [0.2, 0.25) is 0 Å². The molecule has 4 aromatic rings. The third-order valence-corrected chi connectivity index (χ3v) is 4.56. The highest BCUT2D eigenvalue weighted by atomic mass is 16.3. The molecule has 0 saturated heterocycles. The minimum atomic E-state index is -0.233. The third kappa shape index (κ3) is 3.88. The fourth-order valence-electron chi connectivity index (χ4n) is 3.13. The molecule has 0 aliphatic heterocycles. The zero-order valence-corrected chi connectivity index (χ0v) is 15.6. The molecule has 0 radical (unpaired) electrons. The number of hydrogen-bond donors (Lipinski definition) is 1. The summed E-state index contributed by atoms with van der Waals surface area (Å²) in [5.41, 5.74) is 3.24. The van der Waals surface area contributed by atoms with Crippen molar-refractivity contribution in [3.05, 3.63) is 102 Å². The molecule has 5 nitrogen and oxygen atoms in total. The van der Waals surface area contributed by atoms with Crippen LogP contribution in [0.4, 0.5) is 0 Å². The van der Waals surface area contributed by atoms with Crippen LogP contribution in [0.1, 0.15) is 34.6 Å². The van der Waals surface area contributed by atoms with Gasteiger partial charge in [0.25, 0.3) is 5.91 Å². The van der Waals surface area contributed by atoms with Crippen molar-refractivity contribution in [3.63, 3.8) is 0 Å². The van der Waals surface area contributed by atoms with E-state index in [2.05, 4.69) is 5.32 Å². The maximum absolute atomic E-state index is 13.0. The zero-order chi connectivity index (χ0) is 19.3. The molecule has 4 rings (SSSR count). The number of carbonyl (C=O) groups is 1. The van der Waals surface area contributed by atoms with Crippen molar-refractivity contribution in [2.24, 2.45) is 0 Å². The number of nitrogens with one attached hydrogen (secondary N) is 1. The molecule has 0 fully saturated rings. The van der Waals surface area contributed by atoms with Gasteiger partial charge in [0.15, 0.2) is 0 Å². The molecule has 2 heterocycles. The summed E-state index contributed by atoms with van der Waals surface area (Å²) in [6, 6.07) is 23.2. The second-order valence-electron chi connectivity index (χ2n) is 6.65. The average molecular weight is 371 g/mol. The fraction of sp³-hybridized carbons (Fsp3) is 0.130. The summed E-state index contributed by atoms with van der Waals surface area (Å²) in [6.45, 7) is 2.50. The van der Waals surface area contributed by atoms with E-state index in [0.717, 1.165) is 11.1 Å². The van der Waals surface area contributed by atoms with Crippen LogP contribution in [0.3, 0.4) is 0 Å². The van der Waals surface area contributed by atoms with Gasteiger partial charge in [-0.25, -0.2) is 0 Å². The minimum absolute atomic E-state index is 0.179. The summed E-state index contributed by atoms with van der Waals surface area (Å²) in [6.07, 6.45) is 3.41. The van der Waals surface area contributed by atoms with Crippen molar-refractivity contribution in [1.29, 1.82) is 0 Å². The minimum Gasteiger partial charge on any atom is -0.467 e. The summed E-state index contributed by atoms with van der Waals surface area (Å²) >= 11 is 0. The molecule has 1 atom stereocenters. The predicted octanol–water partition coefficient (Wildman–Crippen LogP) is 4.68. The number of amides is 1. The lowest BCUT2D eigenvalue weighted by atomic mass is 10.1. The van der Waals surface area contributed by atoms with Gasteiger partial charge in [0.2, 0.25) is 0 Å². The van der Waals surface area contributed by atoms with Crippen molar-refractivity contribution in [2.75, 3.05) is 0 Å². The summed E-state index contributed by atoms with van der Waals surface area (Å²) in [5, 5.41) is 7.70. The highest BCUT2D eigenvalue weighted by Crippen LogP contribution is 2.23. The molecule has 5 heteroatoms. The molecular formula is C23H21N3O2. The molecule has 0 aliphatic rings. The first-order valence-electron chi connectivity index (χ1n) is 9.22. The van der Waals surface area contributed by atoms with Crippen molar-refractivity contribution < 1.29 is 9.21 Å². The van der Waals surface area contributed by atoms with Crippen molar-refractivity contribution in [3.8, 4) is 11.3 Å². The van der Waals surface area contributed by atoms with E-state index >= 15 is 0 Å². The van der Waals surface area contributed by atoms with Crippen LogP contribution in [0.5, 0.6) is 0 Å². The van der Waals surface area contributed by atoms with Crippen molar-refractivity contribution >= 4 is 5.91 Å². The van der Waals surface area contributed by atoms with Gasteiger partial charge >= 0.3 is 0 Å². The van der Waals surface area contributed by atoms with Crippen molar-refractivity contribution in [1.82, 2.24) is 15.1 Å². The van der Waals surface area contributed by atoms with Crippen LogP contribution in [-0.2, 0) is 6.54 Å². The standard InChI is InChI=1S/C23H21N3O2/c1-17(21-13-8-14-28-21)24-23(27)20-16-26(15-18-9-4-2-5-10-18)25-22(20)19-11-6-3-7-12-19/h2-14,16-17H,15H2,1H3,(H,24,27)/t17-/m0/s1. The fourth-order valence-corrected chi connectivity index (χ4v) is 3.13. The van der Waals surface area contributed by atoms with E-state index in [1.54, 1.807) is 12.5 Å². The SMILES string of the molecule is C[C@H](NC(=O)c1cn(Cc2ccccc2)nc1-c1ccccc1)c1ccco1. The Kier molecular flexibility index (Phi) is 5.06. The first-order chi connectivity index (χ1) is 13.7. The summed E-state index contributed by atoms with van der Waals surface area (Å²) in [5.74, 6) is 0.536. The number of aromatic nitrogens is 2. The van der Waals surface area contributed by atoms with Gasteiger partial charge in [0.1, 0.15) is 11.5 Å². The number of hydrogen-bond acceptors (Lipinski definition) is 3. The number of furan rings is 1. The number of rotatable bonds is 6. The van der Waals surface area contributed by atoms with Crippen LogP contribution in [-0.4, -0.2) is 15.7 Å². The van der Waals surface area contributed by atoms with E-state index in [4.69, 9.17) is 9.52 Å². The highest BCUT2D eigenvalue weighted by molar-refractivity contribution is 6.00. The predicted molar refractivity (Wildman–Crippen MR) is 108 cm³/mol. The van der Waals surface area contributed by atoms with Gasteiger partial charge < -0.3 is 9.73 Å². The quantitative estimate of drug-likeness (QED) is 0.535. The molecule has 2 aromatic heterocycles. The summed E-state index contributed by atoms with van der Waals surface area (Å²) < 4.78 is 7.21. The molecule has 0 spiro atoms. The van der Waals surface area contributed by atoms with Crippen LogP contribution in [0, 0.1) is 0 Å². The lowest BCUT2D eigenvalue weighted by Gasteiger charge is -2.11. The normalized spacial score (nSPS) is 11.9. The molecule has 0 bridgehead atoms. The van der Waals surface area contributed by atoms with Gasteiger partial charge in [-0.3, -0.25) is 9.48 Å². The van der Waals surface area contributed by atoms with E-state index in [1.807, 2.05) is 84.4 Å². The molecule has 1 amide bonds. The van der Waals surface area contributed by atoms with Gasteiger partial charge in [-0.15, -0.1) is 0 Å². The van der Waals surface area contributed by atoms with Crippen molar-refractivity contribution in [2.45, 2.75) is 19.5 Å². The Morgan fingerprint density at radius 2 is 1.75 bits per heavy atom. The van der Waals surface area contributed by atoms with E-state index in [9.17, 15) is 4.79 Å². The Bertz CT molecular complexity index is 1040. The maximum Gasteiger partial charge on any atom is 0.255 e. The lowest BCUT2D eigenvalue weighted by Crippen LogP contribution is -2.26. The summed E-state index contributed by atoms with van der Waals surface area (Å²) in [4.78, 5) is 13.0. The van der Waals surface area contributed by atoms with Gasteiger partial charge in [-0.2, -0.15) is 5.10 Å². The topological polar surface area (TPSA) is 60.1 Å². The van der Waals surface area contributed by atoms with E-state index < -0.39 is 0 Å². The Labute approximate surface area is 163 Å². The molecule has 1 N–H and O–H groups in total. The van der Waals surface area contributed by atoms with E-state index in [1.165, 1.54) is 0 Å². The Morgan fingerprint density at radius 3 is 2.43 bits per heavy atom. The molecule has 0 unspecified atom stereocenters. The van der Waals surface area contributed by atoms with Crippen LogP contribution in [0.15, 0.2) is 89.7 Å². The van der Waals surface area contributed by atoms with Gasteiger partial charge in [-0.05, 0) is 24.6 Å². The number of nitrogens with zero attached hydrogens (tertiary/aromatic N) is 2. The van der Waals surface area contributed by atoms with Crippen LogP contribution < -0.4 is 5.32 Å². The maximum atomic E-state index is 13.0. The monoisotopic (exact) mass is 371 g/mol. The smallest absolute Gasteiger partial charge is 0.255 e. The third-order valence-electron chi connectivity index (χ3n) is 4.56. The van der Waals surface area contributed by atoms with E-state index in [0.29, 0.717) is 23.6 Å². The molecule has 140 valence electrons. The van der Waals surface area contributed by atoms with Gasteiger partial charge in [0, 0.05) is 11.8 Å². The van der Waals surface area contributed by atoms with Crippen LogP contribution >= 0.6 is 0 Å². The van der Waals surface area contributed by atoms with Crippen LogP contribution in [0.25, 0.3) is 11.3 Å². The molecule has 0 saturated carbocycles. The Balaban J connectivity index is 1.65. The van der Waals surface area contributed by atoms with Gasteiger partial charge in [-0.1, -0.05) is 60.7 Å².